The molecule has 0 saturated heterocycles. The Morgan fingerprint density at radius 3 is 2.67 bits per heavy atom. The van der Waals surface area contributed by atoms with Crippen molar-refractivity contribution in [2.75, 3.05) is 7.05 Å². The van der Waals surface area contributed by atoms with Crippen molar-refractivity contribution in [3.63, 3.8) is 0 Å². The summed E-state index contributed by atoms with van der Waals surface area (Å²) in [5.74, 6) is 0.674. The number of nitrogens with one attached hydrogen (secondary N) is 1. The Balaban J connectivity index is 2.35. The fourth-order valence-electron chi connectivity index (χ4n) is 1.70. The van der Waals surface area contributed by atoms with Crippen LogP contribution in [0.2, 0.25) is 0 Å². The molecular weight excluding hydrogens is 249 g/mol. The molecule has 0 bridgehead atoms. The highest BCUT2D eigenvalue weighted by molar-refractivity contribution is 7.99. The van der Waals surface area contributed by atoms with Gasteiger partial charge in [0.05, 0.1) is 11.2 Å². The van der Waals surface area contributed by atoms with Crippen LogP contribution >= 0.6 is 11.8 Å². The normalized spacial score (nSPS) is 12.7. The second kappa shape index (κ2) is 5.59. The molecule has 4 heteroatoms. The summed E-state index contributed by atoms with van der Waals surface area (Å²) in [7, 11) is 1.87. The smallest absolute Gasteiger partial charge is 0.123 e. The molecule has 1 aromatic heterocycles. The van der Waals surface area contributed by atoms with Crippen molar-refractivity contribution in [2.45, 2.75) is 29.7 Å². The van der Waals surface area contributed by atoms with Crippen molar-refractivity contribution in [1.82, 2.24) is 5.32 Å². The van der Waals surface area contributed by atoms with Crippen LogP contribution in [0.25, 0.3) is 0 Å². The number of furan rings is 1. The van der Waals surface area contributed by atoms with Crippen LogP contribution in [-0.4, -0.2) is 7.05 Å². The van der Waals surface area contributed by atoms with Gasteiger partial charge in [0.15, 0.2) is 0 Å². The van der Waals surface area contributed by atoms with E-state index >= 15 is 0 Å². The molecule has 1 unspecified atom stereocenters. The zero-order chi connectivity index (χ0) is 13.1. The van der Waals surface area contributed by atoms with Gasteiger partial charge in [-0.3, -0.25) is 0 Å². The predicted molar refractivity (Wildman–Crippen MR) is 71.4 cm³/mol. The third-order valence-corrected chi connectivity index (χ3v) is 4.14. The molecule has 2 rings (SSSR count). The molecule has 1 atom stereocenters. The zero-order valence-electron chi connectivity index (χ0n) is 10.7. The van der Waals surface area contributed by atoms with Gasteiger partial charge in [-0.05, 0) is 50.7 Å². The molecule has 2 nitrogen and oxygen atoms in total. The average molecular weight is 265 g/mol. The fourth-order valence-corrected chi connectivity index (χ4v) is 2.75. The molecule has 18 heavy (non-hydrogen) atoms. The van der Waals surface area contributed by atoms with E-state index in [1.165, 1.54) is 6.07 Å². The van der Waals surface area contributed by atoms with E-state index < -0.39 is 0 Å². The molecule has 0 aliphatic rings. The summed E-state index contributed by atoms with van der Waals surface area (Å²) in [5, 5.41) is 3.14. The zero-order valence-corrected chi connectivity index (χ0v) is 11.5. The molecule has 0 saturated carbocycles. The highest BCUT2D eigenvalue weighted by atomic mass is 32.2. The second-order valence-electron chi connectivity index (χ2n) is 4.14. The average Bonchev–Trinajstić information content (AvgIpc) is 2.76. The van der Waals surface area contributed by atoms with E-state index in [2.05, 4.69) is 5.32 Å². The summed E-state index contributed by atoms with van der Waals surface area (Å²) in [4.78, 5) is 2.11. The van der Waals surface area contributed by atoms with Crippen LogP contribution < -0.4 is 5.32 Å². The van der Waals surface area contributed by atoms with Gasteiger partial charge < -0.3 is 9.73 Å². The third kappa shape index (κ3) is 2.76. The lowest BCUT2D eigenvalue weighted by molar-refractivity contribution is 0.527. The Hall–Kier alpha value is -1.26. The first-order chi connectivity index (χ1) is 8.61. The molecule has 0 spiro atoms. The number of hydrogen-bond donors (Lipinski definition) is 1. The number of halogens is 1. The van der Waals surface area contributed by atoms with Gasteiger partial charge in [-0.2, -0.15) is 0 Å². The first-order valence-electron chi connectivity index (χ1n) is 5.80. The summed E-state index contributed by atoms with van der Waals surface area (Å²) < 4.78 is 18.6. The largest absolute Gasteiger partial charge is 0.468 e. The summed E-state index contributed by atoms with van der Waals surface area (Å²) >= 11 is 1.60. The molecule has 0 amide bonds. The van der Waals surface area contributed by atoms with Crippen LogP contribution in [0.3, 0.4) is 0 Å². The van der Waals surface area contributed by atoms with Gasteiger partial charge in [-0.25, -0.2) is 4.39 Å². The minimum atomic E-state index is -0.208. The SMILES string of the molecule is CNC(C)c1cc(F)ccc1Sc1ccoc1C. The highest BCUT2D eigenvalue weighted by Gasteiger charge is 2.13. The van der Waals surface area contributed by atoms with Crippen LogP contribution in [0, 0.1) is 12.7 Å². The summed E-state index contributed by atoms with van der Waals surface area (Å²) in [6.07, 6.45) is 1.67. The Kier molecular flexibility index (Phi) is 4.09. The predicted octanol–water partition coefficient (Wildman–Crippen LogP) is 4.16. The number of hydrogen-bond acceptors (Lipinski definition) is 3. The van der Waals surface area contributed by atoms with Crippen molar-refractivity contribution >= 4 is 11.8 Å². The van der Waals surface area contributed by atoms with Crippen LogP contribution in [0.4, 0.5) is 4.39 Å². The van der Waals surface area contributed by atoms with Gasteiger partial charge in [-0.1, -0.05) is 11.8 Å². The summed E-state index contributed by atoms with van der Waals surface area (Å²) in [5.41, 5.74) is 0.961. The molecule has 96 valence electrons. The van der Waals surface area contributed by atoms with E-state index in [-0.39, 0.29) is 11.9 Å². The van der Waals surface area contributed by atoms with Crippen molar-refractivity contribution in [3.8, 4) is 0 Å². The second-order valence-corrected chi connectivity index (χ2v) is 5.22. The first-order valence-corrected chi connectivity index (χ1v) is 6.62. The Morgan fingerprint density at radius 2 is 2.06 bits per heavy atom. The van der Waals surface area contributed by atoms with Crippen molar-refractivity contribution in [1.29, 1.82) is 0 Å². The molecule has 1 aromatic carbocycles. The number of rotatable bonds is 4. The van der Waals surface area contributed by atoms with Crippen LogP contribution in [0.15, 0.2) is 44.7 Å². The molecular formula is C14H16FNOS. The highest BCUT2D eigenvalue weighted by Crippen LogP contribution is 2.35. The minimum Gasteiger partial charge on any atom is -0.468 e. The lowest BCUT2D eigenvalue weighted by Crippen LogP contribution is -2.13. The lowest BCUT2D eigenvalue weighted by Gasteiger charge is -2.15. The summed E-state index contributed by atoms with van der Waals surface area (Å²) in [6, 6.07) is 6.92. The maximum atomic E-state index is 13.3. The van der Waals surface area contributed by atoms with Gasteiger partial charge in [0.2, 0.25) is 0 Å². The molecule has 1 N–H and O–H groups in total. The maximum absolute atomic E-state index is 13.3. The van der Waals surface area contributed by atoms with Crippen molar-refractivity contribution < 1.29 is 8.81 Å². The Bertz CT molecular complexity index is 538. The quantitative estimate of drug-likeness (QED) is 0.898. The standard InChI is InChI=1S/C14H16FNOS/c1-9(16-3)12-8-11(15)4-5-14(12)18-13-6-7-17-10(13)2/h4-9,16H,1-3H3. The van der Waals surface area contributed by atoms with Crippen LogP contribution in [-0.2, 0) is 0 Å². The monoisotopic (exact) mass is 265 g/mol. The fraction of sp³-hybridized carbons (Fsp3) is 0.286. The Morgan fingerprint density at radius 1 is 1.28 bits per heavy atom. The van der Waals surface area contributed by atoms with Gasteiger partial charge in [-0.15, -0.1) is 0 Å². The van der Waals surface area contributed by atoms with E-state index in [9.17, 15) is 4.39 Å². The van der Waals surface area contributed by atoms with E-state index in [1.54, 1.807) is 24.1 Å². The maximum Gasteiger partial charge on any atom is 0.123 e. The van der Waals surface area contributed by atoms with E-state index in [1.807, 2.05) is 33.0 Å². The molecule has 0 aliphatic carbocycles. The molecule has 1 heterocycles. The topological polar surface area (TPSA) is 25.2 Å². The van der Waals surface area contributed by atoms with E-state index in [4.69, 9.17) is 4.42 Å². The summed E-state index contributed by atoms with van der Waals surface area (Å²) in [6.45, 7) is 3.94. The van der Waals surface area contributed by atoms with Gasteiger partial charge >= 0.3 is 0 Å². The van der Waals surface area contributed by atoms with Gasteiger partial charge in [0, 0.05) is 10.9 Å². The minimum absolute atomic E-state index is 0.107. The molecule has 0 radical (unpaired) electrons. The van der Waals surface area contributed by atoms with Crippen LogP contribution in [0.5, 0.6) is 0 Å². The van der Waals surface area contributed by atoms with E-state index in [0.717, 1.165) is 21.1 Å². The molecule has 0 fully saturated rings. The lowest BCUT2D eigenvalue weighted by atomic mass is 10.1. The van der Waals surface area contributed by atoms with E-state index in [0.29, 0.717) is 0 Å². The molecule has 2 aromatic rings. The Labute approximate surface area is 111 Å². The number of aryl methyl sites for hydroxylation is 1. The molecule has 0 aliphatic heterocycles. The van der Waals surface area contributed by atoms with Crippen LogP contribution in [0.1, 0.15) is 24.3 Å². The van der Waals surface area contributed by atoms with Gasteiger partial charge in [0.25, 0.3) is 0 Å². The third-order valence-electron chi connectivity index (χ3n) is 2.90. The van der Waals surface area contributed by atoms with Gasteiger partial charge in [0.1, 0.15) is 11.6 Å². The van der Waals surface area contributed by atoms with Crippen molar-refractivity contribution in [2.24, 2.45) is 0 Å². The first kappa shape index (κ1) is 13.2. The number of benzene rings is 1. The van der Waals surface area contributed by atoms with Crippen molar-refractivity contribution in [3.05, 3.63) is 47.7 Å².